The van der Waals surface area contributed by atoms with Crippen LogP contribution in [0.15, 0.2) is 91.0 Å². The zero-order chi connectivity index (χ0) is 34.7. The first-order chi connectivity index (χ1) is 24.2. The highest BCUT2D eigenvalue weighted by molar-refractivity contribution is 5.60. The fourth-order valence-electron chi connectivity index (χ4n) is 6.43. The van der Waals surface area contributed by atoms with E-state index in [0.717, 1.165) is 36.0 Å². The van der Waals surface area contributed by atoms with Crippen molar-refractivity contribution in [2.45, 2.75) is 135 Å². The van der Waals surface area contributed by atoms with Crippen LogP contribution in [0.25, 0.3) is 0 Å². The van der Waals surface area contributed by atoms with Crippen molar-refractivity contribution in [3.63, 3.8) is 0 Å². The normalized spacial score (nSPS) is 12.1. The molecule has 0 fully saturated rings. The van der Waals surface area contributed by atoms with Crippen LogP contribution in [0.1, 0.15) is 140 Å². The minimum absolute atomic E-state index is 0.138. The summed E-state index contributed by atoms with van der Waals surface area (Å²) in [5.41, 5.74) is 2.07. The van der Waals surface area contributed by atoms with Crippen molar-refractivity contribution in [1.29, 1.82) is 0 Å². The zero-order valence-electron chi connectivity index (χ0n) is 30.6. The van der Waals surface area contributed by atoms with Gasteiger partial charge >= 0.3 is 6.16 Å². The monoisotopic (exact) mass is 672 g/mol. The van der Waals surface area contributed by atoms with Gasteiger partial charge in [-0.1, -0.05) is 201 Å². The molecule has 0 aliphatic rings. The Hall–Kier alpha value is -3.15. The summed E-state index contributed by atoms with van der Waals surface area (Å²) >= 11 is 0. The molecule has 1 atom stereocenters. The van der Waals surface area contributed by atoms with Crippen LogP contribution in [-0.4, -0.2) is 38.7 Å². The average Bonchev–Trinajstić information content (AvgIpc) is 3.15. The Balaban J connectivity index is 1.46. The van der Waals surface area contributed by atoms with Gasteiger partial charge in [0.15, 0.2) is 6.10 Å². The molecule has 0 N–H and O–H groups in total. The molecule has 5 nitrogen and oxygen atoms in total. The van der Waals surface area contributed by atoms with Gasteiger partial charge in [-0.2, -0.15) is 0 Å². The molecule has 0 aliphatic carbocycles. The van der Waals surface area contributed by atoms with Crippen molar-refractivity contribution in [1.82, 2.24) is 0 Å². The predicted octanol–water partition coefficient (Wildman–Crippen LogP) is 12.2. The van der Waals surface area contributed by atoms with Gasteiger partial charge in [0.05, 0.1) is 19.8 Å². The van der Waals surface area contributed by atoms with Gasteiger partial charge in [-0.25, -0.2) is 4.79 Å². The zero-order valence-corrected chi connectivity index (χ0v) is 30.6. The summed E-state index contributed by atoms with van der Waals surface area (Å²) in [6, 6.07) is 30.7. The van der Waals surface area contributed by atoms with E-state index < -0.39 is 17.9 Å². The van der Waals surface area contributed by atoms with E-state index in [-0.39, 0.29) is 13.2 Å². The molecule has 0 spiro atoms. The quantitative estimate of drug-likeness (QED) is 0.0436. The number of hydrogen-bond donors (Lipinski definition) is 0. The molecule has 0 saturated carbocycles. The van der Waals surface area contributed by atoms with Crippen molar-refractivity contribution in [3.8, 4) is 0 Å². The lowest BCUT2D eigenvalue weighted by molar-refractivity contribution is -0.0819. The third-order valence-corrected chi connectivity index (χ3v) is 9.16. The molecule has 3 aromatic rings. The molecule has 3 rings (SSSR count). The van der Waals surface area contributed by atoms with E-state index in [9.17, 15) is 4.79 Å². The van der Waals surface area contributed by atoms with Crippen LogP contribution in [-0.2, 0) is 24.5 Å². The fraction of sp³-hybridized carbons (Fsp3) is 0.568. The highest BCUT2D eigenvalue weighted by Gasteiger charge is 2.38. The van der Waals surface area contributed by atoms with E-state index >= 15 is 0 Å². The largest absolute Gasteiger partial charge is 0.508 e. The number of unbranched alkanes of at least 4 members (excludes halogenated alkanes) is 15. The highest BCUT2D eigenvalue weighted by Crippen LogP contribution is 2.40. The molecule has 0 saturated heterocycles. The lowest BCUT2D eigenvalue weighted by Gasteiger charge is -2.37. The van der Waals surface area contributed by atoms with E-state index in [2.05, 4.69) is 43.3 Å². The van der Waals surface area contributed by atoms with Gasteiger partial charge in [0, 0.05) is 6.61 Å². The molecule has 0 amide bonds. The number of rotatable bonds is 28. The minimum atomic E-state index is -0.910. The molecule has 5 heteroatoms. The second-order valence-electron chi connectivity index (χ2n) is 13.3. The summed E-state index contributed by atoms with van der Waals surface area (Å²) in [7, 11) is 0. The van der Waals surface area contributed by atoms with Crippen LogP contribution in [0.4, 0.5) is 4.79 Å². The molecular formula is C44H64O5. The second kappa shape index (κ2) is 25.8. The molecule has 0 aromatic heterocycles. The third-order valence-electron chi connectivity index (χ3n) is 9.16. The number of carbonyl (C=O) groups is 1. The Labute approximate surface area is 298 Å². The Kier molecular flexibility index (Phi) is 21.2. The summed E-state index contributed by atoms with van der Waals surface area (Å²) in [6.07, 6.45) is 20.8. The lowest BCUT2D eigenvalue weighted by Crippen LogP contribution is -2.38. The second-order valence-corrected chi connectivity index (χ2v) is 13.3. The first kappa shape index (κ1) is 40.3. The smallest absolute Gasteiger partial charge is 0.434 e. The SMILES string of the molecule is CCCCCCCCCCCCCCCCCCOCC(COC(c1ccccc1)(c1ccccc1)c1ccccc1)OC(=O)OCCC. The third kappa shape index (κ3) is 15.5. The maximum atomic E-state index is 12.6. The number of hydrogen-bond acceptors (Lipinski definition) is 5. The number of ether oxygens (including phenoxy) is 4. The molecule has 49 heavy (non-hydrogen) atoms. The Morgan fingerprint density at radius 3 is 1.33 bits per heavy atom. The minimum Gasteiger partial charge on any atom is -0.434 e. The number of benzene rings is 3. The topological polar surface area (TPSA) is 54.0 Å². The standard InChI is InChI=1S/C44H64O5/c1-3-5-6-7-8-9-10-11-12-13-14-15-16-17-18-28-36-46-37-42(49-43(45)47-35-4-2)38-48-44(39-29-22-19-23-30-39,40-31-24-20-25-32-40)41-33-26-21-27-34-41/h19-27,29-34,42H,3-18,28,35-38H2,1-2H3. The molecule has 0 aliphatic heterocycles. The molecular weight excluding hydrogens is 608 g/mol. The van der Waals surface area contributed by atoms with Crippen LogP contribution in [0.3, 0.4) is 0 Å². The first-order valence-electron chi connectivity index (χ1n) is 19.4. The van der Waals surface area contributed by atoms with Crippen LogP contribution < -0.4 is 0 Å². The van der Waals surface area contributed by atoms with Crippen LogP contribution in [0.5, 0.6) is 0 Å². The summed E-state index contributed by atoms with van der Waals surface area (Å²) in [5, 5.41) is 0. The predicted molar refractivity (Wildman–Crippen MR) is 202 cm³/mol. The maximum Gasteiger partial charge on any atom is 0.508 e. The lowest BCUT2D eigenvalue weighted by atomic mass is 9.80. The van der Waals surface area contributed by atoms with Crippen molar-refractivity contribution in [2.24, 2.45) is 0 Å². The van der Waals surface area contributed by atoms with Gasteiger partial charge < -0.3 is 18.9 Å². The average molecular weight is 673 g/mol. The van der Waals surface area contributed by atoms with Gasteiger partial charge in [-0.15, -0.1) is 0 Å². The van der Waals surface area contributed by atoms with Crippen LogP contribution >= 0.6 is 0 Å². The molecule has 1 unspecified atom stereocenters. The van der Waals surface area contributed by atoms with E-state index in [4.69, 9.17) is 18.9 Å². The van der Waals surface area contributed by atoms with Crippen LogP contribution in [0.2, 0.25) is 0 Å². The van der Waals surface area contributed by atoms with Gasteiger partial charge in [0.1, 0.15) is 5.60 Å². The Morgan fingerprint density at radius 2 is 0.918 bits per heavy atom. The van der Waals surface area contributed by atoms with Crippen LogP contribution in [0, 0.1) is 0 Å². The Bertz CT molecular complexity index is 1100. The summed E-state index contributed by atoms with van der Waals surface area (Å²) in [6.45, 7) is 5.57. The molecule has 0 bridgehead atoms. The fourth-order valence-corrected chi connectivity index (χ4v) is 6.43. The highest BCUT2D eigenvalue weighted by atomic mass is 16.7. The van der Waals surface area contributed by atoms with E-state index in [0.29, 0.717) is 13.2 Å². The summed E-state index contributed by atoms with van der Waals surface area (Å²) in [4.78, 5) is 12.6. The molecule has 0 heterocycles. The molecule has 0 radical (unpaired) electrons. The molecule has 270 valence electrons. The van der Waals surface area contributed by atoms with Crippen molar-refractivity contribution >= 4 is 6.16 Å². The molecule has 3 aromatic carbocycles. The van der Waals surface area contributed by atoms with Crippen molar-refractivity contribution in [2.75, 3.05) is 26.4 Å². The van der Waals surface area contributed by atoms with Crippen molar-refractivity contribution < 1.29 is 23.7 Å². The van der Waals surface area contributed by atoms with E-state index in [1.165, 1.54) is 89.9 Å². The number of carbonyl (C=O) groups excluding carboxylic acids is 1. The van der Waals surface area contributed by atoms with Gasteiger partial charge in [0.25, 0.3) is 0 Å². The first-order valence-corrected chi connectivity index (χ1v) is 19.4. The maximum absolute atomic E-state index is 12.6. The van der Waals surface area contributed by atoms with E-state index in [1.54, 1.807) is 0 Å². The van der Waals surface area contributed by atoms with Gasteiger partial charge in [-0.3, -0.25) is 0 Å². The summed E-state index contributed by atoms with van der Waals surface area (Å²) < 4.78 is 24.1. The summed E-state index contributed by atoms with van der Waals surface area (Å²) in [5.74, 6) is 0. The van der Waals surface area contributed by atoms with E-state index in [1.807, 2.05) is 61.5 Å². The van der Waals surface area contributed by atoms with Gasteiger partial charge in [-0.05, 0) is 29.5 Å². The Morgan fingerprint density at radius 1 is 0.510 bits per heavy atom. The van der Waals surface area contributed by atoms with Gasteiger partial charge in [0.2, 0.25) is 0 Å². The van der Waals surface area contributed by atoms with Crippen molar-refractivity contribution in [3.05, 3.63) is 108 Å².